The van der Waals surface area contributed by atoms with Crippen LogP contribution in [-0.2, 0) is 4.74 Å². The third-order valence-electron chi connectivity index (χ3n) is 2.80. The SMILES string of the molecule is CNCCN(C)C(C)c1ccc(C(=O)OC)o1. The molecule has 17 heavy (non-hydrogen) atoms. The number of hydrogen-bond acceptors (Lipinski definition) is 5. The number of esters is 1. The minimum Gasteiger partial charge on any atom is -0.463 e. The molecule has 0 amide bonds. The number of furan rings is 1. The Balaban J connectivity index is 2.65. The molecule has 1 aromatic rings. The molecule has 0 saturated heterocycles. The van der Waals surface area contributed by atoms with Crippen molar-refractivity contribution in [3.63, 3.8) is 0 Å². The van der Waals surface area contributed by atoms with E-state index in [9.17, 15) is 4.79 Å². The van der Waals surface area contributed by atoms with E-state index in [2.05, 4.69) is 15.0 Å². The highest BCUT2D eigenvalue weighted by molar-refractivity contribution is 5.86. The molecule has 5 nitrogen and oxygen atoms in total. The lowest BCUT2D eigenvalue weighted by Gasteiger charge is -2.22. The van der Waals surface area contributed by atoms with E-state index in [1.165, 1.54) is 7.11 Å². The number of nitrogens with zero attached hydrogens (tertiary/aromatic N) is 1. The first-order chi connectivity index (χ1) is 8.10. The van der Waals surface area contributed by atoms with Gasteiger partial charge < -0.3 is 14.5 Å². The summed E-state index contributed by atoms with van der Waals surface area (Å²) in [6.45, 7) is 3.85. The van der Waals surface area contributed by atoms with Gasteiger partial charge in [-0.05, 0) is 33.2 Å². The van der Waals surface area contributed by atoms with Crippen LogP contribution in [0.15, 0.2) is 16.5 Å². The summed E-state index contributed by atoms with van der Waals surface area (Å²) in [7, 11) is 5.27. The van der Waals surface area contributed by atoms with Crippen molar-refractivity contribution in [2.24, 2.45) is 0 Å². The second kappa shape index (κ2) is 6.42. The van der Waals surface area contributed by atoms with E-state index < -0.39 is 5.97 Å². The lowest BCUT2D eigenvalue weighted by molar-refractivity contribution is 0.0560. The molecule has 0 radical (unpaired) electrons. The van der Waals surface area contributed by atoms with Gasteiger partial charge in [-0.1, -0.05) is 0 Å². The van der Waals surface area contributed by atoms with Gasteiger partial charge in [-0.2, -0.15) is 0 Å². The Labute approximate surface area is 102 Å². The van der Waals surface area contributed by atoms with E-state index in [4.69, 9.17) is 4.42 Å². The molecule has 1 unspecified atom stereocenters. The number of nitrogens with one attached hydrogen (secondary N) is 1. The van der Waals surface area contributed by atoms with Crippen LogP contribution in [0.3, 0.4) is 0 Å². The molecular weight excluding hydrogens is 220 g/mol. The highest BCUT2D eigenvalue weighted by atomic mass is 16.5. The number of rotatable bonds is 6. The van der Waals surface area contributed by atoms with E-state index >= 15 is 0 Å². The Morgan fingerprint density at radius 2 is 2.29 bits per heavy atom. The summed E-state index contributed by atoms with van der Waals surface area (Å²) in [6.07, 6.45) is 0. The van der Waals surface area contributed by atoms with Crippen molar-refractivity contribution in [1.82, 2.24) is 10.2 Å². The maximum atomic E-state index is 11.3. The van der Waals surface area contributed by atoms with E-state index in [-0.39, 0.29) is 11.8 Å². The molecule has 0 spiro atoms. The topological polar surface area (TPSA) is 54.7 Å². The first-order valence-corrected chi connectivity index (χ1v) is 5.63. The van der Waals surface area contributed by atoms with Gasteiger partial charge >= 0.3 is 5.97 Å². The Bertz CT molecular complexity index is 362. The number of hydrogen-bond donors (Lipinski definition) is 1. The smallest absolute Gasteiger partial charge is 0.373 e. The molecule has 0 aromatic carbocycles. The minimum absolute atomic E-state index is 0.127. The van der Waals surface area contributed by atoms with Crippen LogP contribution in [0.1, 0.15) is 29.3 Å². The fourth-order valence-corrected chi connectivity index (χ4v) is 1.49. The molecule has 96 valence electrons. The zero-order valence-electron chi connectivity index (χ0n) is 10.8. The Morgan fingerprint density at radius 3 is 2.88 bits per heavy atom. The van der Waals surface area contributed by atoms with Crippen LogP contribution in [0.25, 0.3) is 0 Å². The molecule has 1 heterocycles. The van der Waals surface area contributed by atoms with Crippen molar-refractivity contribution in [3.05, 3.63) is 23.7 Å². The zero-order chi connectivity index (χ0) is 12.8. The summed E-state index contributed by atoms with van der Waals surface area (Å²) in [5.41, 5.74) is 0. The summed E-state index contributed by atoms with van der Waals surface area (Å²) < 4.78 is 10.1. The molecule has 0 aliphatic carbocycles. The number of carbonyl (C=O) groups excluding carboxylic acids is 1. The lowest BCUT2D eigenvalue weighted by atomic mass is 10.2. The predicted molar refractivity (Wildman–Crippen MR) is 65.0 cm³/mol. The quantitative estimate of drug-likeness (QED) is 0.759. The zero-order valence-corrected chi connectivity index (χ0v) is 10.8. The normalized spacial score (nSPS) is 12.8. The second-order valence-corrected chi connectivity index (χ2v) is 3.95. The predicted octanol–water partition coefficient (Wildman–Crippen LogP) is 1.28. The Hall–Kier alpha value is -1.33. The standard InChI is InChI=1S/C12H20N2O3/c1-9(14(3)8-7-13-2)10-5-6-11(17-10)12(15)16-4/h5-6,9,13H,7-8H2,1-4H3. The summed E-state index contributed by atoms with van der Waals surface area (Å²) in [5.74, 6) is 0.571. The largest absolute Gasteiger partial charge is 0.463 e. The molecular formula is C12H20N2O3. The molecule has 1 aromatic heterocycles. The Morgan fingerprint density at radius 1 is 1.59 bits per heavy atom. The van der Waals surface area contributed by atoms with Gasteiger partial charge in [0.2, 0.25) is 5.76 Å². The summed E-state index contributed by atoms with van der Waals surface area (Å²) in [4.78, 5) is 13.4. The molecule has 0 aliphatic rings. The van der Waals surface area contributed by atoms with Gasteiger partial charge in [-0.25, -0.2) is 4.79 Å². The molecule has 0 saturated carbocycles. The van der Waals surface area contributed by atoms with Crippen molar-refractivity contribution in [2.75, 3.05) is 34.3 Å². The van der Waals surface area contributed by atoms with Crippen LogP contribution >= 0.6 is 0 Å². The number of carbonyl (C=O) groups is 1. The third-order valence-corrected chi connectivity index (χ3v) is 2.80. The van der Waals surface area contributed by atoms with Crippen LogP contribution in [0, 0.1) is 0 Å². The molecule has 5 heteroatoms. The third kappa shape index (κ3) is 3.57. The van der Waals surface area contributed by atoms with Crippen molar-refractivity contribution >= 4 is 5.97 Å². The summed E-state index contributed by atoms with van der Waals surface area (Å²) >= 11 is 0. The first kappa shape index (κ1) is 13.7. The van der Waals surface area contributed by atoms with E-state index in [1.54, 1.807) is 6.07 Å². The van der Waals surface area contributed by atoms with E-state index in [1.807, 2.05) is 27.1 Å². The molecule has 0 aliphatic heterocycles. The van der Waals surface area contributed by atoms with Gasteiger partial charge in [-0.15, -0.1) is 0 Å². The van der Waals surface area contributed by atoms with Crippen LogP contribution in [0.4, 0.5) is 0 Å². The van der Waals surface area contributed by atoms with Crippen LogP contribution in [-0.4, -0.2) is 45.2 Å². The van der Waals surface area contributed by atoms with Gasteiger partial charge in [0.05, 0.1) is 13.2 Å². The Kier molecular flexibility index (Phi) is 5.18. The molecule has 1 atom stereocenters. The summed E-state index contributed by atoms with van der Waals surface area (Å²) in [5, 5.41) is 3.09. The van der Waals surface area contributed by atoms with Gasteiger partial charge in [0, 0.05) is 13.1 Å². The highest BCUT2D eigenvalue weighted by Crippen LogP contribution is 2.21. The van der Waals surface area contributed by atoms with Gasteiger partial charge in [-0.3, -0.25) is 4.90 Å². The number of methoxy groups -OCH3 is 1. The fraction of sp³-hybridized carbons (Fsp3) is 0.583. The van der Waals surface area contributed by atoms with E-state index in [0.29, 0.717) is 0 Å². The average molecular weight is 240 g/mol. The first-order valence-electron chi connectivity index (χ1n) is 5.63. The molecule has 1 rings (SSSR count). The second-order valence-electron chi connectivity index (χ2n) is 3.95. The van der Waals surface area contributed by atoms with Crippen LogP contribution in [0.5, 0.6) is 0 Å². The maximum absolute atomic E-state index is 11.3. The average Bonchev–Trinajstić information content (AvgIpc) is 2.83. The lowest BCUT2D eigenvalue weighted by Crippen LogP contribution is -2.29. The fourth-order valence-electron chi connectivity index (χ4n) is 1.49. The molecule has 0 bridgehead atoms. The molecule has 0 fully saturated rings. The molecule has 1 N–H and O–H groups in total. The van der Waals surface area contributed by atoms with Crippen LogP contribution in [0.2, 0.25) is 0 Å². The minimum atomic E-state index is -0.443. The summed E-state index contributed by atoms with van der Waals surface area (Å²) in [6, 6.07) is 3.58. The number of likely N-dealkylation sites (N-methyl/N-ethyl adjacent to an activating group) is 2. The monoisotopic (exact) mass is 240 g/mol. The maximum Gasteiger partial charge on any atom is 0.373 e. The van der Waals surface area contributed by atoms with E-state index in [0.717, 1.165) is 18.8 Å². The van der Waals surface area contributed by atoms with Gasteiger partial charge in [0.15, 0.2) is 0 Å². The van der Waals surface area contributed by atoms with Crippen molar-refractivity contribution in [3.8, 4) is 0 Å². The highest BCUT2D eigenvalue weighted by Gasteiger charge is 2.17. The van der Waals surface area contributed by atoms with Crippen molar-refractivity contribution < 1.29 is 13.9 Å². The van der Waals surface area contributed by atoms with Crippen molar-refractivity contribution in [1.29, 1.82) is 0 Å². The van der Waals surface area contributed by atoms with Crippen LogP contribution < -0.4 is 5.32 Å². The number of ether oxygens (including phenoxy) is 1. The van der Waals surface area contributed by atoms with Gasteiger partial charge in [0.25, 0.3) is 0 Å². The van der Waals surface area contributed by atoms with Gasteiger partial charge in [0.1, 0.15) is 5.76 Å². The van der Waals surface area contributed by atoms with Crippen molar-refractivity contribution in [2.45, 2.75) is 13.0 Å².